The number of carbonyl (C=O) groups is 1. The van der Waals surface area contributed by atoms with Crippen molar-refractivity contribution >= 4 is 26.4 Å². The lowest BCUT2D eigenvalue weighted by Gasteiger charge is -2.27. The van der Waals surface area contributed by atoms with Crippen LogP contribution in [0.2, 0.25) is 19.1 Å². The fraction of sp³-hybridized carbons (Fsp3) is 0.562. The first-order valence-corrected chi connectivity index (χ1v) is 11.1. The molecule has 3 nitrogen and oxygen atoms in total. The van der Waals surface area contributed by atoms with E-state index in [9.17, 15) is 4.79 Å². The third kappa shape index (κ3) is 3.68. The molecule has 2 atom stereocenters. The zero-order valence-corrected chi connectivity index (χ0v) is 14.6. The second kappa shape index (κ2) is 6.51. The fourth-order valence-corrected chi connectivity index (χ4v) is 5.84. The highest BCUT2D eigenvalue weighted by Gasteiger charge is 2.37. The molecule has 1 aromatic carbocycles. The van der Waals surface area contributed by atoms with Gasteiger partial charge in [-0.3, -0.25) is 4.79 Å². The van der Waals surface area contributed by atoms with Crippen LogP contribution in [0, 0.1) is 0 Å². The Labute approximate surface area is 134 Å². The van der Waals surface area contributed by atoms with Crippen LogP contribution in [0.3, 0.4) is 0 Å². The predicted octanol–water partition coefficient (Wildman–Crippen LogP) is 2.82. The molecule has 116 valence electrons. The van der Waals surface area contributed by atoms with Crippen molar-refractivity contribution in [1.29, 1.82) is 0 Å². The van der Waals surface area contributed by atoms with Gasteiger partial charge in [-0.2, -0.15) is 0 Å². The lowest BCUT2D eigenvalue weighted by Crippen LogP contribution is -2.42. The summed E-state index contributed by atoms with van der Waals surface area (Å²) in [7, 11) is -1.18. The van der Waals surface area contributed by atoms with E-state index in [2.05, 4.69) is 48.0 Å². The Balaban J connectivity index is 0.00000161. The van der Waals surface area contributed by atoms with E-state index in [4.69, 9.17) is 0 Å². The maximum Gasteiger partial charge on any atom is 0.237 e. The van der Waals surface area contributed by atoms with E-state index in [0.717, 1.165) is 25.1 Å². The first kappa shape index (κ1) is 16.5. The number of hydrogen-bond donors (Lipinski definition) is 2. The van der Waals surface area contributed by atoms with Crippen LogP contribution in [0.1, 0.15) is 30.0 Å². The van der Waals surface area contributed by atoms with E-state index in [1.165, 1.54) is 17.5 Å². The summed E-state index contributed by atoms with van der Waals surface area (Å²) in [5.74, 6) is 0.199. The van der Waals surface area contributed by atoms with Crippen LogP contribution in [-0.4, -0.2) is 26.2 Å². The Morgan fingerprint density at radius 3 is 2.81 bits per heavy atom. The Morgan fingerprint density at radius 1 is 1.33 bits per heavy atom. The van der Waals surface area contributed by atoms with Gasteiger partial charge in [-0.15, -0.1) is 12.4 Å². The van der Waals surface area contributed by atoms with E-state index < -0.39 is 8.07 Å². The van der Waals surface area contributed by atoms with Crippen LogP contribution in [-0.2, 0) is 11.2 Å². The van der Waals surface area contributed by atoms with Gasteiger partial charge >= 0.3 is 0 Å². The molecule has 1 saturated heterocycles. The molecule has 1 aromatic rings. The number of nitrogens with one attached hydrogen (secondary N) is 2. The number of hydrogen-bond acceptors (Lipinski definition) is 2. The first-order chi connectivity index (χ1) is 9.55. The van der Waals surface area contributed by atoms with Crippen molar-refractivity contribution < 1.29 is 4.79 Å². The van der Waals surface area contributed by atoms with Crippen molar-refractivity contribution in [2.75, 3.05) is 6.17 Å². The SMILES string of the molecule is C[Si]1(C)CN[C@H](C(=O)N[C@@H]2CCCc3ccccc32)C1.Cl. The zero-order chi connectivity index (χ0) is 14.2. The van der Waals surface area contributed by atoms with Crippen LogP contribution in [0.15, 0.2) is 24.3 Å². The topological polar surface area (TPSA) is 41.1 Å². The van der Waals surface area contributed by atoms with Crippen molar-refractivity contribution in [1.82, 2.24) is 10.6 Å². The second-order valence-electron chi connectivity index (χ2n) is 6.95. The Hall–Kier alpha value is -0.843. The summed E-state index contributed by atoms with van der Waals surface area (Å²) < 4.78 is 0. The minimum absolute atomic E-state index is 0. The molecule has 1 amide bonds. The second-order valence-corrected chi connectivity index (χ2v) is 12.0. The molecule has 1 aliphatic heterocycles. The minimum atomic E-state index is -1.18. The van der Waals surface area contributed by atoms with Gasteiger partial charge in [0.05, 0.1) is 20.2 Å². The molecule has 1 fully saturated rings. The van der Waals surface area contributed by atoms with Crippen molar-refractivity contribution in [3.8, 4) is 0 Å². The summed E-state index contributed by atoms with van der Waals surface area (Å²) in [4.78, 5) is 12.5. The Kier molecular flexibility index (Phi) is 5.12. The van der Waals surface area contributed by atoms with Gasteiger partial charge in [-0.25, -0.2) is 0 Å². The summed E-state index contributed by atoms with van der Waals surface area (Å²) in [6, 6.07) is 9.83. The van der Waals surface area contributed by atoms with Crippen LogP contribution in [0.4, 0.5) is 0 Å². The smallest absolute Gasteiger partial charge is 0.237 e. The lowest BCUT2D eigenvalue weighted by molar-refractivity contribution is -0.123. The van der Waals surface area contributed by atoms with E-state index in [-0.39, 0.29) is 30.4 Å². The van der Waals surface area contributed by atoms with Crippen molar-refractivity contribution in [2.45, 2.75) is 50.5 Å². The van der Waals surface area contributed by atoms with Crippen LogP contribution in [0.25, 0.3) is 0 Å². The van der Waals surface area contributed by atoms with Gasteiger partial charge in [-0.05, 0) is 42.6 Å². The molecule has 0 bridgehead atoms. The number of amides is 1. The average molecular weight is 325 g/mol. The van der Waals surface area contributed by atoms with Crippen LogP contribution >= 0.6 is 12.4 Å². The van der Waals surface area contributed by atoms with Gasteiger partial charge in [0.1, 0.15) is 0 Å². The highest BCUT2D eigenvalue weighted by molar-refractivity contribution is 6.78. The maximum absolute atomic E-state index is 12.5. The van der Waals surface area contributed by atoms with Gasteiger partial charge in [0.2, 0.25) is 5.91 Å². The summed E-state index contributed by atoms with van der Waals surface area (Å²) in [5, 5.41) is 6.69. The van der Waals surface area contributed by atoms with Crippen LogP contribution in [0.5, 0.6) is 0 Å². The molecule has 1 aliphatic carbocycles. The predicted molar refractivity (Wildman–Crippen MR) is 91.6 cm³/mol. The van der Waals surface area contributed by atoms with Crippen molar-refractivity contribution in [3.63, 3.8) is 0 Å². The monoisotopic (exact) mass is 324 g/mol. The molecule has 0 saturated carbocycles. The Morgan fingerprint density at radius 2 is 2.10 bits per heavy atom. The van der Waals surface area contributed by atoms with Gasteiger partial charge in [0, 0.05) is 0 Å². The summed E-state index contributed by atoms with van der Waals surface area (Å²) in [6.45, 7) is 4.70. The molecule has 2 N–H and O–H groups in total. The highest BCUT2D eigenvalue weighted by Crippen LogP contribution is 2.30. The van der Waals surface area contributed by atoms with Crippen molar-refractivity contribution in [3.05, 3.63) is 35.4 Å². The number of rotatable bonds is 2. The van der Waals surface area contributed by atoms with Gasteiger partial charge in [0.25, 0.3) is 0 Å². The van der Waals surface area contributed by atoms with Crippen LogP contribution < -0.4 is 10.6 Å². The van der Waals surface area contributed by atoms with E-state index in [1.807, 2.05) is 0 Å². The third-order valence-corrected chi connectivity index (χ3v) is 7.26. The normalized spacial score (nSPS) is 26.6. The number of halogens is 1. The molecule has 21 heavy (non-hydrogen) atoms. The van der Waals surface area contributed by atoms with E-state index in [1.54, 1.807) is 0 Å². The quantitative estimate of drug-likeness (QED) is 0.821. The third-order valence-electron chi connectivity index (χ3n) is 4.59. The molecule has 1 heterocycles. The van der Waals surface area contributed by atoms with Gasteiger partial charge in [0.15, 0.2) is 0 Å². The van der Waals surface area contributed by atoms with Gasteiger partial charge in [-0.1, -0.05) is 37.4 Å². The largest absolute Gasteiger partial charge is 0.348 e. The summed E-state index contributed by atoms with van der Waals surface area (Å²) in [6.07, 6.45) is 4.44. The Bertz CT molecular complexity index is 521. The molecule has 0 spiro atoms. The number of benzene rings is 1. The summed E-state index contributed by atoms with van der Waals surface area (Å²) in [5.41, 5.74) is 2.72. The fourth-order valence-electron chi connectivity index (χ4n) is 3.46. The molecule has 3 rings (SSSR count). The maximum atomic E-state index is 12.5. The lowest BCUT2D eigenvalue weighted by atomic mass is 9.87. The number of carbonyl (C=O) groups excluding carboxylic acids is 1. The van der Waals surface area contributed by atoms with Gasteiger partial charge < -0.3 is 10.6 Å². The molecule has 0 aromatic heterocycles. The minimum Gasteiger partial charge on any atom is -0.348 e. The molecule has 0 radical (unpaired) electrons. The average Bonchev–Trinajstić information content (AvgIpc) is 2.80. The van der Waals surface area contributed by atoms with Crippen molar-refractivity contribution in [2.24, 2.45) is 0 Å². The molecule has 2 aliphatic rings. The molecule has 5 heteroatoms. The first-order valence-electron chi connectivity index (χ1n) is 7.67. The number of fused-ring (bicyclic) bond motifs is 1. The van der Waals surface area contributed by atoms with E-state index >= 15 is 0 Å². The zero-order valence-electron chi connectivity index (χ0n) is 12.8. The standard InChI is InChI=1S/C16H24N2OSi.ClH/c1-20(2)10-15(17-11-20)16(19)18-14-9-5-7-12-6-3-4-8-13(12)14;/h3-4,6,8,14-15,17H,5,7,9-11H2,1-2H3,(H,18,19);1H/t14-,15+;/m1./s1. The molecule has 0 unspecified atom stereocenters. The van der Waals surface area contributed by atoms with E-state index in [0.29, 0.717) is 0 Å². The number of aryl methyl sites for hydroxylation is 1. The molecular formula is C16H25ClN2OSi. The summed E-state index contributed by atoms with van der Waals surface area (Å²) >= 11 is 0. The highest BCUT2D eigenvalue weighted by atomic mass is 35.5. The molecular weight excluding hydrogens is 300 g/mol.